The lowest BCUT2D eigenvalue weighted by Gasteiger charge is -2.07. The van der Waals surface area contributed by atoms with Crippen molar-refractivity contribution in [1.29, 1.82) is 0 Å². The molecule has 0 spiro atoms. The number of carbonyl (C=O) groups excluding carboxylic acids is 1. The molecule has 1 nitrogen and oxygen atoms in total. The van der Waals surface area contributed by atoms with E-state index in [9.17, 15) is 4.79 Å². The summed E-state index contributed by atoms with van der Waals surface area (Å²) < 4.78 is 0. The van der Waals surface area contributed by atoms with Crippen molar-refractivity contribution in [3.63, 3.8) is 0 Å². The molecule has 1 aromatic rings. The number of rotatable bonds is 5. The van der Waals surface area contributed by atoms with Crippen LogP contribution in [-0.2, 0) is 11.2 Å². The summed E-state index contributed by atoms with van der Waals surface area (Å²) in [6.45, 7) is 2.08. The highest BCUT2D eigenvalue weighted by Crippen LogP contribution is 2.28. The van der Waals surface area contributed by atoms with Gasteiger partial charge in [-0.05, 0) is 24.8 Å². The molecule has 1 fully saturated rings. The molecule has 1 aromatic carbocycles. The minimum Gasteiger partial charge on any atom is -0.299 e. The summed E-state index contributed by atoms with van der Waals surface area (Å²) >= 11 is 0. The zero-order valence-electron chi connectivity index (χ0n) is 10.7. The molecule has 0 amide bonds. The van der Waals surface area contributed by atoms with Crippen molar-refractivity contribution in [3.8, 4) is 0 Å². The summed E-state index contributed by atoms with van der Waals surface area (Å²) in [5.41, 5.74) is 2.42. The summed E-state index contributed by atoms with van der Waals surface area (Å²) in [6, 6.07) is 8.31. The molecule has 0 aliphatic heterocycles. The predicted molar refractivity (Wildman–Crippen MR) is 71.1 cm³/mol. The van der Waals surface area contributed by atoms with Crippen LogP contribution < -0.4 is 0 Å². The number of hydrogen-bond acceptors (Lipinski definition) is 1. The van der Waals surface area contributed by atoms with Crippen molar-refractivity contribution in [2.24, 2.45) is 5.92 Å². The Kier molecular flexibility index (Phi) is 4.36. The standard InChI is InChI=1S/C16H22O/c1-13-6-8-15(9-7-13)12-16(17)11-10-14-4-2-3-5-14/h6-9,14H,2-5,10-12H2,1H3. The van der Waals surface area contributed by atoms with Crippen molar-refractivity contribution in [2.45, 2.75) is 51.9 Å². The lowest BCUT2D eigenvalue weighted by Crippen LogP contribution is -2.05. The van der Waals surface area contributed by atoms with Gasteiger partial charge in [-0.2, -0.15) is 0 Å². The summed E-state index contributed by atoms with van der Waals surface area (Å²) in [6.07, 6.45) is 7.94. The highest BCUT2D eigenvalue weighted by molar-refractivity contribution is 5.80. The molecule has 1 aliphatic rings. The molecule has 0 radical (unpaired) electrons. The van der Waals surface area contributed by atoms with E-state index >= 15 is 0 Å². The van der Waals surface area contributed by atoms with Gasteiger partial charge in [0.05, 0.1) is 0 Å². The summed E-state index contributed by atoms with van der Waals surface area (Å²) in [4.78, 5) is 11.9. The molecule has 0 N–H and O–H groups in total. The highest BCUT2D eigenvalue weighted by atomic mass is 16.1. The highest BCUT2D eigenvalue weighted by Gasteiger charge is 2.16. The molecule has 0 aromatic heterocycles. The number of carbonyl (C=O) groups is 1. The number of aryl methyl sites for hydroxylation is 1. The van der Waals surface area contributed by atoms with E-state index < -0.39 is 0 Å². The topological polar surface area (TPSA) is 17.1 Å². The van der Waals surface area contributed by atoms with E-state index in [4.69, 9.17) is 0 Å². The SMILES string of the molecule is Cc1ccc(CC(=O)CCC2CCCC2)cc1. The van der Waals surface area contributed by atoms with Gasteiger partial charge in [-0.25, -0.2) is 0 Å². The molecule has 1 saturated carbocycles. The minimum absolute atomic E-state index is 0.403. The van der Waals surface area contributed by atoms with Crippen LogP contribution in [0.3, 0.4) is 0 Å². The molecule has 17 heavy (non-hydrogen) atoms. The zero-order valence-corrected chi connectivity index (χ0v) is 10.7. The normalized spacial score (nSPS) is 16.3. The van der Waals surface area contributed by atoms with Crippen molar-refractivity contribution in [3.05, 3.63) is 35.4 Å². The predicted octanol–water partition coefficient (Wildman–Crippen LogP) is 4.08. The van der Waals surface area contributed by atoms with Crippen LogP contribution >= 0.6 is 0 Å². The Balaban J connectivity index is 1.74. The Morgan fingerprint density at radius 1 is 1.18 bits per heavy atom. The summed E-state index contributed by atoms with van der Waals surface area (Å²) in [7, 11) is 0. The van der Waals surface area contributed by atoms with Crippen molar-refractivity contribution in [1.82, 2.24) is 0 Å². The van der Waals surface area contributed by atoms with Crippen LogP contribution in [0.5, 0.6) is 0 Å². The number of Topliss-reactive ketones (excluding diaryl/α,β-unsaturated/α-hetero) is 1. The molecule has 1 aliphatic carbocycles. The van der Waals surface area contributed by atoms with Crippen LogP contribution in [0.2, 0.25) is 0 Å². The quantitative estimate of drug-likeness (QED) is 0.745. The van der Waals surface area contributed by atoms with Gasteiger partial charge in [0, 0.05) is 12.8 Å². The van der Waals surface area contributed by atoms with Gasteiger partial charge in [0.15, 0.2) is 0 Å². The third kappa shape index (κ3) is 3.99. The van der Waals surface area contributed by atoms with Gasteiger partial charge in [-0.3, -0.25) is 4.79 Å². The largest absolute Gasteiger partial charge is 0.299 e. The zero-order chi connectivity index (χ0) is 12.1. The van der Waals surface area contributed by atoms with E-state index in [1.54, 1.807) is 0 Å². The average molecular weight is 230 g/mol. The van der Waals surface area contributed by atoms with E-state index in [1.165, 1.54) is 31.2 Å². The first-order chi connectivity index (χ1) is 8.24. The molecule has 1 heteroatoms. The number of hydrogen-bond donors (Lipinski definition) is 0. The molecule has 0 saturated heterocycles. The van der Waals surface area contributed by atoms with Gasteiger partial charge >= 0.3 is 0 Å². The fourth-order valence-corrected chi connectivity index (χ4v) is 2.69. The van der Waals surface area contributed by atoms with Gasteiger partial charge in [-0.1, -0.05) is 55.5 Å². The van der Waals surface area contributed by atoms with Crippen LogP contribution in [0.15, 0.2) is 24.3 Å². The van der Waals surface area contributed by atoms with Crippen LogP contribution in [0, 0.1) is 12.8 Å². The van der Waals surface area contributed by atoms with E-state index in [1.807, 2.05) is 0 Å². The maximum absolute atomic E-state index is 11.9. The van der Waals surface area contributed by atoms with E-state index in [-0.39, 0.29) is 0 Å². The monoisotopic (exact) mass is 230 g/mol. The van der Waals surface area contributed by atoms with Crippen molar-refractivity contribution < 1.29 is 4.79 Å². The average Bonchev–Trinajstić information content (AvgIpc) is 2.83. The van der Waals surface area contributed by atoms with E-state index in [0.29, 0.717) is 12.2 Å². The molecule has 2 rings (SSSR count). The maximum Gasteiger partial charge on any atom is 0.137 e. The lowest BCUT2D eigenvalue weighted by atomic mass is 9.97. The minimum atomic E-state index is 0.403. The Labute approximate surface area is 104 Å². The van der Waals surface area contributed by atoms with Gasteiger partial charge in [0.25, 0.3) is 0 Å². The number of ketones is 1. The smallest absolute Gasteiger partial charge is 0.137 e. The van der Waals surface area contributed by atoms with Gasteiger partial charge in [-0.15, -0.1) is 0 Å². The Bertz CT molecular complexity index is 358. The second-order valence-electron chi connectivity index (χ2n) is 5.39. The summed E-state index contributed by atoms with van der Waals surface area (Å²) in [5.74, 6) is 1.23. The molecule has 0 unspecified atom stereocenters. The van der Waals surface area contributed by atoms with Crippen LogP contribution in [0.4, 0.5) is 0 Å². The molecule has 0 atom stereocenters. The first kappa shape index (κ1) is 12.3. The second-order valence-corrected chi connectivity index (χ2v) is 5.39. The third-order valence-electron chi connectivity index (χ3n) is 3.83. The Morgan fingerprint density at radius 3 is 2.47 bits per heavy atom. The van der Waals surface area contributed by atoms with Gasteiger partial charge in [0.2, 0.25) is 0 Å². The molecular weight excluding hydrogens is 208 g/mol. The van der Waals surface area contributed by atoms with Crippen LogP contribution in [0.25, 0.3) is 0 Å². The molecule has 92 valence electrons. The first-order valence-electron chi connectivity index (χ1n) is 6.81. The van der Waals surface area contributed by atoms with Crippen molar-refractivity contribution in [2.75, 3.05) is 0 Å². The summed E-state index contributed by atoms with van der Waals surface area (Å²) in [5, 5.41) is 0. The van der Waals surface area contributed by atoms with E-state index in [2.05, 4.69) is 31.2 Å². The van der Waals surface area contributed by atoms with E-state index in [0.717, 1.165) is 24.3 Å². The van der Waals surface area contributed by atoms with Crippen molar-refractivity contribution >= 4 is 5.78 Å². The Hall–Kier alpha value is -1.11. The van der Waals surface area contributed by atoms with Gasteiger partial charge in [0.1, 0.15) is 5.78 Å². The fraction of sp³-hybridized carbons (Fsp3) is 0.562. The second kappa shape index (κ2) is 6.00. The third-order valence-corrected chi connectivity index (χ3v) is 3.83. The fourth-order valence-electron chi connectivity index (χ4n) is 2.69. The molecule has 0 bridgehead atoms. The number of benzene rings is 1. The maximum atomic E-state index is 11.9. The first-order valence-corrected chi connectivity index (χ1v) is 6.81. The van der Waals surface area contributed by atoms with Crippen LogP contribution in [0.1, 0.15) is 49.7 Å². The molecular formula is C16H22O. The molecule has 0 heterocycles. The van der Waals surface area contributed by atoms with Crippen LogP contribution in [-0.4, -0.2) is 5.78 Å². The Morgan fingerprint density at radius 2 is 1.82 bits per heavy atom. The van der Waals surface area contributed by atoms with Gasteiger partial charge < -0.3 is 0 Å². The lowest BCUT2D eigenvalue weighted by molar-refractivity contribution is -0.118.